The van der Waals surface area contributed by atoms with Gasteiger partial charge < -0.3 is 0 Å². The van der Waals surface area contributed by atoms with Crippen molar-refractivity contribution >= 4 is 21.5 Å². The van der Waals surface area contributed by atoms with Crippen LogP contribution >= 0.6 is 15.9 Å². The van der Waals surface area contributed by atoms with Gasteiger partial charge in [0.2, 0.25) is 0 Å². The number of benzene rings is 1. The molecule has 2 rings (SSSR count). The summed E-state index contributed by atoms with van der Waals surface area (Å²) in [5, 5.41) is 0. The lowest BCUT2D eigenvalue weighted by atomic mass is 9.80. The molecule has 0 N–H and O–H groups in total. The maximum absolute atomic E-state index is 4.23. The van der Waals surface area contributed by atoms with E-state index in [-0.39, 0.29) is 5.41 Å². The van der Waals surface area contributed by atoms with Crippen LogP contribution < -0.4 is 0 Å². The minimum absolute atomic E-state index is 0.0191. The van der Waals surface area contributed by atoms with Gasteiger partial charge in [-0.3, -0.25) is 0 Å². The van der Waals surface area contributed by atoms with E-state index < -0.39 is 0 Å². The Morgan fingerprint density at radius 2 is 1.88 bits per heavy atom. The van der Waals surface area contributed by atoms with Crippen LogP contribution in [0.2, 0.25) is 0 Å². The minimum atomic E-state index is -0.0191. The average Bonchev–Trinajstić information content (AvgIpc) is 2.77. The van der Waals surface area contributed by atoms with Gasteiger partial charge in [-0.25, -0.2) is 0 Å². The topological polar surface area (TPSA) is 0 Å². The Kier molecular flexibility index (Phi) is 5.66. The molecular formula is C23H25Br. The lowest BCUT2D eigenvalue weighted by Gasteiger charge is -2.23. The van der Waals surface area contributed by atoms with Crippen LogP contribution in [0.5, 0.6) is 0 Å². The first-order valence-corrected chi connectivity index (χ1v) is 8.97. The monoisotopic (exact) mass is 380 g/mol. The van der Waals surface area contributed by atoms with E-state index >= 15 is 0 Å². The summed E-state index contributed by atoms with van der Waals surface area (Å²) in [6.07, 6.45) is 10.1. The van der Waals surface area contributed by atoms with Gasteiger partial charge in [0, 0.05) is 9.90 Å². The molecule has 1 aromatic carbocycles. The predicted molar refractivity (Wildman–Crippen MR) is 111 cm³/mol. The zero-order valence-electron chi connectivity index (χ0n) is 15.0. The summed E-state index contributed by atoms with van der Waals surface area (Å²) in [5.41, 5.74) is 7.34. The smallest absolute Gasteiger partial charge is 0.0247 e. The van der Waals surface area contributed by atoms with E-state index in [1.54, 1.807) is 0 Å². The number of hydrogen-bond acceptors (Lipinski definition) is 0. The summed E-state index contributed by atoms with van der Waals surface area (Å²) in [6, 6.07) is 8.65. The second-order valence-corrected chi connectivity index (χ2v) is 7.39. The standard InChI is InChI=1S/C23H25Br/c1-7-9-14-22(24)16(3)18(8-2)15-21-17(4)19-12-10-11-13-20(19)23(21,5)6/h7-15H,2-3H2,1,4-6H3/b9-7-,18-15+,22-14+. The molecule has 0 radical (unpaired) electrons. The highest BCUT2D eigenvalue weighted by atomic mass is 79.9. The van der Waals surface area contributed by atoms with Gasteiger partial charge in [-0.1, -0.05) is 85.4 Å². The fourth-order valence-electron chi connectivity index (χ4n) is 3.25. The Balaban J connectivity index is 2.51. The Morgan fingerprint density at radius 1 is 1.21 bits per heavy atom. The molecule has 0 amide bonds. The predicted octanol–water partition coefficient (Wildman–Crippen LogP) is 7.27. The molecule has 124 valence electrons. The van der Waals surface area contributed by atoms with Crippen LogP contribution in [-0.4, -0.2) is 0 Å². The summed E-state index contributed by atoms with van der Waals surface area (Å²) in [4.78, 5) is 0. The van der Waals surface area contributed by atoms with Crippen LogP contribution in [0.3, 0.4) is 0 Å². The second-order valence-electron chi connectivity index (χ2n) is 6.53. The molecule has 0 aliphatic heterocycles. The third-order valence-corrected chi connectivity index (χ3v) is 5.42. The quantitative estimate of drug-likeness (QED) is 0.470. The first kappa shape index (κ1) is 18.5. The third kappa shape index (κ3) is 3.32. The summed E-state index contributed by atoms with van der Waals surface area (Å²) in [7, 11) is 0. The molecule has 0 atom stereocenters. The van der Waals surface area contributed by atoms with Crippen molar-refractivity contribution in [3.63, 3.8) is 0 Å². The van der Waals surface area contributed by atoms with Crippen LogP contribution in [0.25, 0.3) is 5.57 Å². The number of halogens is 1. The van der Waals surface area contributed by atoms with E-state index in [1.165, 1.54) is 22.3 Å². The van der Waals surface area contributed by atoms with Gasteiger partial charge in [-0.2, -0.15) is 0 Å². The molecule has 0 spiro atoms. The van der Waals surface area contributed by atoms with Crippen molar-refractivity contribution < 1.29 is 0 Å². The molecule has 0 aromatic heterocycles. The van der Waals surface area contributed by atoms with Gasteiger partial charge in [-0.15, -0.1) is 0 Å². The van der Waals surface area contributed by atoms with Gasteiger partial charge in [0.25, 0.3) is 0 Å². The summed E-state index contributed by atoms with van der Waals surface area (Å²) in [5.74, 6) is 0. The van der Waals surface area contributed by atoms with Crippen molar-refractivity contribution in [2.45, 2.75) is 33.1 Å². The average molecular weight is 381 g/mol. The third-order valence-electron chi connectivity index (χ3n) is 4.67. The molecule has 0 bridgehead atoms. The molecule has 0 nitrogen and oxygen atoms in total. The van der Waals surface area contributed by atoms with Crippen molar-refractivity contribution in [2.75, 3.05) is 0 Å². The van der Waals surface area contributed by atoms with Crippen molar-refractivity contribution in [2.24, 2.45) is 0 Å². The first-order valence-electron chi connectivity index (χ1n) is 8.18. The molecule has 0 fully saturated rings. The number of hydrogen-bond donors (Lipinski definition) is 0. The van der Waals surface area contributed by atoms with E-state index in [0.717, 1.165) is 15.6 Å². The number of allylic oxidation sites excluding steroid dienone is 10. The molecule has 1 heteroatoms. The Bertz CT molecular complexity index is 795. The zero-order chi connectivity index (χ0) is 17.9. The molecule has 1 aromatic rings. The van der Waals surface area contributed by atoms with Crippen LogP contribution in [0, 0.1) is 0 Å². The van der Waals surface area contributed by atoms with E-state index in [0.29, 0.717) is 0 Å². The van der Waals surface area contributed by atoms with Crippen LogP contribution in [-0.2, 0) is 5.41 Å². The molecule has 0 unspecified atom stereocenters. The second kappa shape index (κ2) is 7.36. The molecule has 24 heavy (non-hydrogen) atoms. The van der Waals surface area contributed by atoms with Crippen molar-refractivity contribution in [3.05, 3.63) is 100 Å². The van der Waals surface area contributed by atoms with Gasteiger partial charge in [-0.05, 0) is 59.4 Å². The van der Waals surface area contributed by atoms with Crippen molar-refractivity contribution in [1.82, 2.24) is 0 Å². The highest BCUT2D eigenvalue weighted by Gasteiger charge is 2.34. The lowest BCUT2D eigenvalue weighted by molar-refractivity contribution is 0.653. The van der Waals surface area contributed by atoms with Gasteiger partial charge >= 0.3 is 0 Å². The minimum Gasteiger partial charge on any atom is -0.0984 e. The summed E-state index contributed by atoms with van der Waals surface area (Å²) in [6.45, 7) is 17.0. The van der Waals surface area contributed by atoms with E-state index in [9.17, 15) is 0 Å². The largest absolute Gasteiger partial charge is 0.0984 e. The molecule has 0 saturated heterocycles. The Labute approximate surface area is 154 Å². The van der Waals surface area contributed by atoms with Crippen LogP contribution in [0.1, 0.15) is 38.8 Å². The van der Waals surface area contributed by atoms with E-state index in [1.807, 2.05) is 31.2 Å². The first-order chi connectivity index (χ1) is 11.3. The molecular weight excluding hydrogens is 356 g/mol. The summed E-state index contributed by atoms with van der Waals surface area (Å²) >= 11 is 3.61. The fourth-order valence-corrected chi connectivity index (χ4v) is 3.63. The molecule has 0 heterocycles. The van der Waals surface area contributed by atoms with Gasteiger partial charge in [0.15, 0.2) is 0 Å². The highest BCUT2D eigenvalue weighted by molar-refractivity contribution is 9.12. The SMILES string of the molecule is C=C/C(=C\C1=C(C)c2ccccc2C1(C)C)C(=C)/C(Br)=C\C=C/C. The lowest BCUT2D eigenvalue weighted by Crippen LogP contribution is -2.16. The fraction of sp³-hybridized carbons (Fsp3) is 0.217. The maximum atomic E-state index is 4.23. The zero-order valence-corrected chi connectivity index (χ0v) is 16.6. The normalized spacial score (nSPS) is 17.4. The molecule has 0 saturated carbocycles. The molecule has 1 aliphatic rings. The van der Waals surface area contributed by atoms with Gasteiger partial charge in [0.1, 0.15) is 0 Å². The Morgan fingerprint density at radius 3 is 2.46 bits per heavy atom. The number of fused-ring (bicyclic) bond motifs is 1. The van der Waals surface area contributed by atoms with E-state index in [4.69, 9.17) is 0 Å². The number of rotatable bonds is 5. The van der Waals surface area contributed by atoms with Crippen molar-refractivity contribution in [1.29, 1.82) is 0 Å². The molecule has 1 aliphatic carbocycles. The maximum Gasteiger partial charge on any atom is 0.0247 e. The van der Waals surface area contributed by atoms with Crippen molar-refractivity contribution in [3.8, 4) is 0 Å². The van der Waals surface area contributed by atoms with Gasteiger partial charge in [0.05, 0.1) is 0 Å². The van der Waals surface area contributed by atoms with E-state index in [2.05, 4.69) is 80.2 Å². The van der Waals surface area contributed by atoms with Crippen LogP contribution in [0.4, 0.5) is 0 Å². The summed E-state index contributed by atoms with van der Waals surface area (Å²) < 4.78 is 0.971. The highest BCUT2D eigenvalue weighted by Crippen LogP contribution is 2.47. The Hall–Kier alpha value is -1.86. The van der Waals surface area contributed by atoms with Crippen LogP contribution in [0.15, 0.2) is 89.0 Å².